The quantitative estimate of drug-likeness (QED) is 0.921. The molecule has 0 unspecified atom stereocenters. The number of aromatic nitrogens is 2. The molecule has 0 aliphatic heterocycles. The van der Waals surface area contributed by atoms with Gasteiger partial charge >= 0.3 is 0 Å². The molecule has 0 spiro atoms. The highest BCUT2D eigenvalue weighted by Crippen LogP contribution is 2.20. The largest absolute Gasteiger partial charge is 0.383 e. The van der Waals surface area contributed by atoms with Crippen molar-refractivity contribution in [3.8, 4) is 0 Å². The van der Waals surface area contributed by atoms with Crippen LogP contribution in [0.2, 0.25) is 0 Å². The van der Waals surface area contributed by atoms with E-state index in [-0.39, 0.29) is 5.82 Å². The highest BCUT2D eigenvalue weighted by atomic mass is 79.9. The summed E-state index contributed by atoms with van der Waals surface area (Å²) in [4.78, 5) is 0. The van der Waals surface area contributed by atoms with Crippen LogP contribution in [0.5, 0.6) is 0 Å². The van der Waals surface area contributed by atoms with Crippen molar-refractivity contribution in [3.63, 3.8) is 0 Å². The summed E-state index contributed by atoms with van der Waals surface area (Å²) < 4.78 is 15.8. The van der Waals surface area contributed by atoms with E-state index < -0.39 is 0 Å². The Labute approximate surface area is 101 Å². The number of aryl methyl sites for hydroxylation is 1. The van der Waals surface area contributed by atoms with Crippen LogP contribution in [0.25, 0.3) is 0 Å². The van der Waals surface area contributed by atoms with E-state index in [1.54, 1.807) is 23.0 Å². The van der Waals surface area contributed by atoms with Crippen LogP contribution in [-0.2, 0) is 6.54 Å². The minimum absolute atomic E-state index is 0.239. The van der Waals surface area contributed by atoms with E-state index in [1.165, 1.54) is 6.07 Å². The van der Waals surface area contributed by atoms with Gasteiger partial charge < -0.3 is 5.73 Å². The molecule has 84 valence electrons. The maximum absolute atomic E-state index is 13.5. The molecule has 2 rings (SSSR count). The Morgan fingerprint density at radius 2 is 2.25 bits per heavy atom. The van der Waals surface area contributed by atoms with Crippen molar-refractivity contribution in [2.75, 3.05) is 5.73 Å². The Morgan fingerprint density at radius 1 is 1.50 bits per heavy atom. The molecule has 0 aliphatic carbocycles. The lowest BCUT2D eigenvalue weighted by atomic mass is 10.1. The van der Waals surface area contributed by atoms with Gasteiger partial charge in [0, 0.05) is 5.56 Å². The van der Waals surface area contributed by atoms with Crippen LogP contribution >= 0.6 is 15.9 Å². The molecule has 1 aromatic carbocycles. The predicted octanol–water partition coefficient (Wildman–Crippen LogP) is 2.72. The summed E-state index contributed by atoms with van der Waals surface area (Å²) in [6, 6.07) is 4.99. The monoisotopic (exact) mass is 283 g/mol. The molecule has 0 radical (unpaired) electrons. The standard InChI is InChI=1S/C11H11BrFN3/c1-7-2-3-10(13)8(4-7)6-16-11(14)9(12)5-15-16/h2-5H,6,14H2,1H3. The third-order valence-corrected chi connectivity index (χ3v) is 2.97. The smallest absolute Gasteiger partial charge is 0.136 e. The fraction of sp³-hybridized carbons (Fsp3) is 0.182. The molecule has 0 atom stereocenters. The van der Waals surface area contributed by atoms with Crippen LogP contribution in [0.3, 0.4) is 0 Å². The topological polar surface area (TPSA) is 43.8 Å². The highest BCUT2D eigenvalue weighted by Gasteiger charge is 2.08. The molecule has 0 saturated carbocycles. The SMILES string of the molecule is Cc1ccc(F)c(Cn2ncc(Br)c2N)c1. The van der Waals surface area contributed by atoms with E-state index in [0.717, 1.165) is 10.0 Å². The molecule has 1 heterocycles. The Kier molecular flexibility index (Phi) is 2.96. The first-order valence-electron chi connectivity index (χ1n) is 4.79. The Balaban J connectivity index is 2.33. The molecule has 0 amide bonds. The molecular formula is C11H11BrFN3. The van der Waals surface area contributed by atoms with Crippen LogP contribution in [0.15, 0.2) is 28.9 Å². The van der Waals surface area contributed by atoms with Gasteiger partial charge in [0.25, 0.3) is 0 Å². The van der Waals surface area contributed by atoms with E-state index in [9.17, 15) is 4.39 Å². The second-order valence-electron chi connectivity index (χ2n) is 3.63. The third-order valence-electron chi connectivity index (χ3n) is 2.35. The number of nitrogen functional groups attached to an aromatic ring is 1. The first kappa shape index (κ1) is 11.1. The van der Waals surface area contributed by atoms with Gasteiger partial charge in [-0.05, 0) is 28.9 Å². The van der Waals surface area contributed by atoms with Crippen molar-refractivity contribution < 1.29 is 4.39 Å². The van der Waals surface area contributed by atoms with E-state index in [4.69, 9.17) is 5.73 Å². The fourth-order valence-corrected chi connectivity index (χ4v) is 1.78. The number of rotatable bonds is 2. The van der Waals surface area contributed by atoms with Gasteiger partial charge in [-0.15, -0.1) is 0 Å². The van der Waals surface area contributed by atoms with Gasteiger partial charge in [-0.2, -0.15) is 5.10 Å². The lowest BCUT2D eigenvalue weighted by Crippen LogP contribution is -2.07. The zero-order valence-electron chi connectivity index (χ0n) is 8.74. The van der Waals surface area contributed by atoms with Crippen molar-refractivity contribution >= 4 is 21.7 Å². The number of anilines is 1. The van der Waals surface area contributed by atoms with Gasteiger partial charge in [-0.1, -0.05) is 17.7 Å². The van der Waals surface area contributed by atoms with Gasteiger partial charge in [0.15, 0.2) is 0 Å². The van der Waals surface area contributed by atoms with Crippen molar-refractivity contribution in [2.24, 2.45) is 0 Å². The first-order valence-corrected chi connectivity index (χ1v) is 5.59. The summed E-state index contributed by atoms with van der Waals surface area (Å²) in [5.74, 6) is 0.262. The number of benzene rings is 1. The molecule has 0 bridgehead atoms. The van der Waals surface area contributed by atoms with Crippen molar-refractivity contribution in [1.29, 1.82) is 0 Å². The molecule has 5 heteroatoms. The zero-order chi connectivity index (χ0) is 11.7. The van der Waals surface area contributed by atoms with Crippen molar-refractivity contribution in [2.45, 2.75) is 13.5 Å². The average molecular weight is 284 g/mol. The Hall–Kier alpha value is -1.36. The van der Waals surface area contributed by atoms with Gasteiger partial charge in [-0.25, -0.2) is 9.07 Å². The minimum atomic E-state index is -0.239. The lowest BCUT2D eigenvalue weighted by molar-refractivity contribution is 0.587. The molecule has 3 nitrogen and oxygen atoms in total. The van der Waals surface area contributed by atoms with Crippen LogP contribution in [0.4, 0.5) is 10.2 Å². The number of nitrogens with two attached hydrogens (primary N) is 1. The second-order valence-corrected chi connectivity index (χ2v) is 4.48. The summed E-state index contributed by atoms with van der Waals surface area (Å²) in [6.45, 7) is 2.26. The number of hydrogen-bond acceptors (Lipinski definition) is 2. The third kappa shape index (κ3) is 2.09. The van der Waals surface area contributed by atoms with Crippen LogP contribution in [0.1, 0.15) is 11.1 Å². The van der Waals surface area contributed by atoms with Crippen molar-refractivity contribution in [1.82, 2.24) is 9.78 Å². The van der Waals surface area contributed by atoms with E-state index in [2.05, 4.69) is 21.0 Å². The summed E-state index contributed by atoms with van der Waals surface area (Å²) >= 11 is 3.26. The van der Waals surface area contributed by atoms with Crippen LogP contribution in [-0.4, -0.2) is 9.78 Å². The van der Waals surface area contributed by atoms with E-state index in [1.807, 2.05) is 6.92 Å². The number of halogens is 2. The lowest BCUT2D eigenvalue weighted by Gasteiger charge is -2.06. The second kappa shape index (κ2) is 4.25. The maximum atomic E-state index is 13.5. The fourth-order valence-electron chi connectivity index (χ4n) is 1.48. The average Bonchev–Trinajstić information content (AvgIpc) is 2.55. The molecule has 16 heavy (non-hydrogen) atoms. The zero-order valence-corrected chi connectivity index (χ0v) is 10.3. The van der Waals surface area contributed by atoms with Gasteiger partial charge in [-0.3, -0.25) is 0 Å². The van der Waals surface area contributed by atoms with Gasteiger partial charge in [0.05, 0.1) is 17.2 Å². The normalized spacial score (nSPS) is 10.7. The maximum Gasteiger partial charge on any atom is 0.136 e. The summed E-state index contributed by atoms with van der Waals surface area (Å²) in [5.41, 5.74) is 7.37. The number of nitrogens with zero attached hydrogens (tertiary/aromatic N) is 2. The number of hydrogen-bond donors (Lipinski definition) is 1. The summed E-state index contributed by atoms with van der Waals surface area (Å²) in [7, 11) is 0. The molecule has 0 aliphatic rings. The van der Waals surface area contributed by atoms with Crippen LogP contribution in [0, 0.1) is 12.7 Å². The van der Waals surface area contributed by atoms with Gasteiger partial charge in [0.2, 0.25) is 0 Å². The molecule has 2 aromatic rings. The summed E-state index contributed by atoms with van der Waals surface area (Å²) in [6.07, 6.45) is 1.60. The minimum Gasteiger partial charge on any atom is -0.383 e. The molecule has 0 fully saturated rings. The molecule has 1 aromatic heterocycles. The highest BCUT2D eigenvalue weighted by molar-refractivity contribution is 9.10. The Morgan fingerprint density at radius 3 is 2.88 bits per heavy atom. The summed E-state index contributed by atoms with van der Waals surface area (Å²) in [5, 5.41) is 4.06. The van der Waals surface area contributed by atoms with Gasteiger partial charge in [0.1, 0.15) is 11.6 Å². The van der Waals surface area contributed by atoms with Crippen molar-refractivity contribution in [3.05, 3.63) is 45.8 Å². The Bertz CT molecular complexity index is 522. The molecule has 2 N–H and O–H groups in total. The first-order chi connectivity index (χ1) is 7.58. The van der Waals surface area contributed by atoms with E-state index in [0.29, 0.717) is 17.9 Å². The van der Waals surface area contributed by atoms with E-state index >= 15 is 0 Å². The molecule has 0 saturated heterocycles. The predicted molar refractivity (Wildman–Crippen MR) is 64.6 cm³/mol. The van der Waals surface area contributed by atoms with Crippen LogP contribution < -0.4 is 5.73 Å². The molecular weight excluding hydrogens is 273 g/mol.